The molecule has 2 atom stereocenters. The Kier molecular flexibility index (Phi) is 5.98. The van der Waals surface area contributed by atoms with Gasteiger partial charge in [0.1, 0.15) is 6.04 Å². The van der Waals surface area contributed by atoms with Crippen LogP contribution in [0.2, 0.25) is 5.02 Å². The zero-order chi connectivity index (χ0) is 17.7. The fourth-order valence-electron chi connectivity index (χ4n) is 2.59. The molecule has 0 bridgehead atoms. The number of nitrogens with one attached hydrogen (secondary N) is 1. The summed E-state index contributed by atoms with van der Waals surface area (Å²) in [5, 5.41) is 12.2. The minimum Gasteiger partial charge on any atom is -0.480 e. The van der Waals surface area contributed by atoms with E-state index in [1.165, 1.54) is 4.90 Å². The Morgan fingerprint density at radius 1 is 1.42 bits per heavy atom. The molecule has 1 fully saturated rings. The molecule has 7 heteroatoms. The zero-order valence-electron chi connectivity index (χ0n) is 13.1. The van der Waals surface area contributed by atoms with Crippen LogP contribution in [0.25, 0.3) is 0 Å². The van der Waals surface area contributed by atoms with Crippen LogP contribution in [-0.2, 0) is 14.4 Å². The normalized spacial score (nSPS) is 18.3. The van der Waals surface area contributed by atoms with Crippen molar-refractivity contribution in [3.63, 3.8) is 0 Å². The molecular formula is C17H19ClN2O4. The van der Waals surface area contributed by atoms with E-state index in [9.17, 15) is 14.4 Å². The maximum atomic E-state index is 12.3. The molecule has 0 saturated carbocycles. The van der Waals surface area contributed by atoms with E-state index in [2.05, 4.69) is 11.9 Å². The third-order valence-corrected chi connectivity index (χ3v) is 4.16. The first-order valence-electron chi connectivity index (χ1n) is 7.62. The van der Waals surface area contributed by atoms with Crippen LogP contribution in [0.15, 0.2) is 36.9 Å². The predicted molar refractivity (Wildman–Crippen MR) is 90.9 cm³/mol. The van der Waals surface area contributed by atoms with E-state index in [-0.39, 0.29) is 25.3 Å². The van der Waals surface area contributed by atoms with Crippen molar-refractivity contribution in [2.45, 2.75) is 25.3 Å². The van der Waals surface area contributed by atoms with E-state index in [0.717, 1.165) is 0 Å². The van der Waals surface area contributed by atoms with Crippen LogP contribution in [-0.4, -0.2) is 35.5 Å². The van der Waals surface area contributed by atoms with Gasteiger partial charge >= 0.3 is 5.97 Å². The van der Waals surface area contributed by atoms with Crippen LogP contribution >= 0.6 is 11.6 Å². The summed E-state index contributed by atoms with van der Waals surface area (Å²) < 4.78 is 0. The number of carboxylic acids is 1. The highest BCUT2D eigenvalue weighted by Crippen LogP contribution is 2.26. The van der Waals surface area contributed by atoms with Gasteiger partial charge in [0, 0.05) is 23.7 Å². The Hall–Kier alpha value is -2.34. The van der Waals surface area contributed by atoms with Crippen molar-refractivity contribution in [3.05, 3.63) is 41.9 Å². The topological polar surface area (TPSA) is 86.7 Å². The Morgan fingerprint density at radius 2 is 2.08 bits per heavy atom. The van der Waals surface area contributed by atoms with Crippen LogP contribution in [0.4, 0.5) is 5.69 Å². The van der Waals surface area contributed by atoms with E-state index in [1.807, 2.05) is 0 Å². The monoisotopic (exact) mass is 350 g/mol. The number of amides is 2. The van der Waals surface area contributed by atoms with Gasteiger partial charge in [-0.3, -0.25) is 9.59 Å². The van der Waals surface area contributed by atoms with Crippen molar-refractivity contribution in [3.8, 4) is 0 Å². The first kappa shape index (κ1) is 18.0. The smallest absolute Gasteiger partial charge is 0.326 e. The summed E-state index contributed by atoms with van der Waals surface area (Å²) >= 11 is 5.83. The lowest BCUT2D eigenvalue weighted by atomic mass is 10.1. The van der Waals surface area contributed by atoms with Crippen molar-refractivity contribution in [2.24, 2.45) is 5.92 Å². The molecule has 1 aliphatic heterocycles. The quantitative estimate of drug-likeness (QED) is 0.738. The van der Waals surface area contributed by atoms with Gasteiger partial charge in [-0.2, -0.15) is 0 Å². The fourth-order valence-corrected chi connectivity index (χ4v) is 2.71. The number of benzene rings is 1. The Morgan fingerprint density at radius 3 is 2.67 bits per heavy atom. The molecule has 1 aromatic rings. The van der Waals surface area contributed by atoms with Crippen molar-refractivity contribution >= 4 is 35.1 Å². The van der Waals surface area contributed by atoms with Gasteiger partial charge in [-0.1, -0.05) is 17.7 Å². The molecule has 0 aliphatic carbocycles. The molecule has 1 heterocycles. The number of allylic oxidation sites excluding steroid dienone is 1. The van der Waals surface area contributed by atoms with Gasteiger partial charge in [0.2, 0.25) is 11.8 Å². The van der Waals surface area contributed by atoms with Crippen molar-refractivity contribution < 1.29 is 19.5 Å². The molecule has 2 amide bonds. The van der Waals surface area contributed by atoms with Crippen molar-refractivity contribution in [1.82, 2.24) is 5.32 Å². The minimum atomic E-state index is -1.09. The number of halogens is 1. The summed E-state index contributed by atoms with van der Waals surface area (Å²) in [7, 11) is 0. The molecule has 2 N–H and O–H groups in total. The molecule has 0 aromatic heterocycles. The molecule has 1 aromatic carbocycles. The SMILES string of the molecule is C=CCCC(NC(=O)C1CC(=O)N(c2ccc(Cl)cc2)C1)C(=O)O. The molecule has 2 rings (SSSR count). The number of hydrogen-bond acceptors (Lipinski definition) is 3. The zero-order valence-corrected chi connectivity index (χ0v) is 13.8. The predicted octanol–water partition coefficient (Wildman–Crippen LogP) is 2.23. The van der Waals surface area contributed by atoms with Gasteiger partial charge in [-0.15, -0.1) is 6.58 Å². The largest absolute Gasteiger partial charge is 0.480 e. The van der Waals surface area contributed by atoms with E-state index < -0.39 is 23.8 Å². The number of rotatable bonds is 7. The summed E-state index contributed by atoms with van der Waals surface area (Å²) in [4.78, 5) is 37.2. The number of carbonyl (C=O) groups excluding carboxylic acids is 2. The lowest BCUT2D eigenvalue weighted by Crippen LogP contribution is -2.44. The second-order valence-electron chi connectivity index (χ2n) is 5.65. The van der Waals surface area contributed by atoms with Crippen molar-refractivity contribution in [2.75, 3.05) is 11.4 Å². The van der Waals surface area contributed by atoms with E-state index >= 15 is 0 Å². The summed E-state index contributed by atoms with van der Waals surface area (Å²) in [6.45, 7) is 3.76. The Labute approximate surface area is 145 Å². The first-order chi connectivity index (χ1) is 11.4. The highest BCUT2D eigenvalue weighted by molar-refractivity contribution is 6.30. The number of aliphatic carboxylic acids is 1. The lowest BCUT2D eigenvalue weighted by Gasteiger charge is -2.18. The summed E-state index contributed by atoms with van der Waals surface area (Å²) in [6, 6.07) is 5.80. The molecule has 1 aliphatic rings. The molecule has 0 radical (unpaired) electrons. The third-order valence-electron chi connectivity index (χ3n) is 3.91. The molecule has 6 nitrogen and oxygen atoms in total. The molecule has 24 heavy (non-hydrogen) atoms. The second kappa shape index (κ2) is 7.97. The van der Waals surface area contributed by atoms with Crippen LogP contribution < -0.4 is 10.2 Å². The highest BCUT2D eigenvalue weighted by atomic mass is 35.5. The average Bonchev–Trinajstić information content (AvgIpc) is 2.93. The molecule has 128 valence electrons. The maximum absolute atomic E-state index is 12.3. The molecule has 2 unspecified atom stereocenters. The number of carboxylic acid groups (broad SMARTS) is 1. The Balaban J connectivity index is 2.01. The van der Waals surface area contributed by atoms with Crippen molar-refractivity contribution in [1.29, 1.82) is 0 Å². The van der Waals surface area contributed by atoms with Gasteiger partial charge in [-0.25, -0.2) is 4.79 Å². The van der Waals surface area contributed by atoms with Crippen LogP contribution in [0, 0.1) is 5.92 Å². The number of hydrogen-bond donors (Lipinski definition) is 2. The Bertz CT molecular complexity index is 644. The van der Waals surface area contributed by atoms with Gasteiger partial charge in [0.15, 0.2) is 0 Å². The first-order valence-corrected chi connectivity index (χ1v) is 8.00. The average molecular weight is 351 g/mol. The second-order valence-corrected chi connectivity index (χ2v) is 6.08. The van der Waals surface area contributed by atoms with E-state index in [4.69, 9.17) is 16.7 Å². The molecular weight excluding hydrogens is 332 g/mol. The minimum absolute atomic E-state index is 0.0578. The maximum Gasteiger partial charge on any atom is 0.326 e. The highest BCUT2D eigenvalue weighted by Gasteiger charge is 2.36. The third kappa shape index (κ3) is 4.35. The summed E-state index contributed by atoms with van der Waals surface area (Å²) in [5.74, 6) is -2.26. The van der Waals surface area contributed by atoms with Gasteiger partial charge in [0.05, 0.1) is 5.92 Å². The summed E-state index contributed by atoms with van der Waals surface area (Å²) in [6.07, 6.45) is 2.41. The van der Waals surface area contributed by atoms with Gasteiger partial charge in [-0.05, 0) is 37.1 Å². The number of carbonyl (C=O) groups is 3. The fraction of sp³-hybridized carbons (Fsp3) is 0.353. The van der Waals surface area contributed by atoms with Crippen LogP contribution in [0.3, 0.4) is 0 Å². The van der Waals surface area contributed by atoms with E-state index in [0.29, 0.717) is 17.1 Å². The standard InChI is InChI=1S/C17H19ClN2O4/c1-2-3-4-14(17(23)24)19-16(22)11-9-15(21)20(10-11)13-7-5-12(18)6-8-13/h2,5-8,11,14H,1,3-4,9-10H2,(H,19,22)(H,23,24). The van der Waals surface area contributed by atoms with Crippen LogP contribution in [0.1, 0.15) is 19.3 Å². The number of anilines is 1. The lowest BCUT2D eigenvalue weighted by molar-refractivity contribution is -0.142. The molecule has 0 spiro atoms. The summed E-state index contributed by atoms with van der Waals surface area (Å²) in [5.41, 5.74) is 0.668. The number of nitrogens with zero attached hydrogens (tertiary/aromatic N) is 1. The van der Waals surface area contributed by atoms with Gasteiger partial charge < -0.3 is 15.3 Å². The van der Waals surface area contributed by atoms with Crippen LogP contribution in [0.5, 0.6) is 0 Å². The molecule has 1 saturated heterocycles. The van der Waals surface area contributed by atoms with Gasteiger partial charge in [0.25, 0.3) is 0 Å². The van der Waals surface area contributed by atoms with E-state index in [1.54, 1.807) is 30.3 Å².